The zero-order valence-corrected chi connectivity index (χ0v) is 7.47. The minimum atomic E-state index is 0.572. The van der Waals surface area contributed by atoms with Gasteiger partial charge < -0.3 is 5.73 Å². The molecule has 0 fully saturated rings. The first-order valence-corrected chi connectivity index (χ1v) is 3.48. The summed E-state index contributed by atoms with van der Waals surface area (Å²) in [6.45, 7) is 0. The predicted octanol–water partition coefficient (Wildman–Crippen LogP) is 2.26. The standard InChI is InChI=1S/C2H2Br3N/c3-1(4)2(5)6/h6H2. The Bertz CT molecular complexity index is 58.9. The quantitative estimate of drug-likeness (QED) is 0.677. The van der Waals surface area contributed by atoms with E-state index in [1.165, 1.54) is 0 Å². The minimum absolute atomic E-state index is 0.572. The molecule has 2 N–H and O–H groups in total. The highest BCUT2D eigenvalue weighted by molar-refractivity contribution is 9.29. The third kappa shape index (κ3) is 3.18. The molecular formula is C2H2Br3N. The summed E-state index contributed by atoms with van der Waals surface area (Å²) in [6.07, 6.45) is 0. The smallest absolute Gasteiger partial charge is 0.0969 e. The third-order valence-electron chi connectivity index (χ3n) is 0.181. The number of hydrogen-bond acceptors (Lipinski definition) is 1. The SMILES string of the molecule is NC(Br)=C(Br)Br. The molecule has 0 bridgehead atoms. The van der Waals surface area contributed by atoms with E-state index in [2.05, 4.69) is 47.8 Å². The molecule has 0 rings (SSSR count). The Kier molecular flexibility index (Phi) is 3.54. The maximum absolute atomic E-state index is 5.14. The largest absolute Gasteiger partial charge is 0.392 e. The second-order valence-electron chi connectivity index (χ2n) is 0.608. The molecule has 0 aliphatic carbocycles. The molecule has 0 radical (unpaired) electrons. The summed E-state index contributed by atoms with van der Waals surface area (Å²) in [4.78, 5) is 0. The van der Waals surface area contributed by atoms with Gasteiger partial charge in [-0.05, 0) is 47.8 Å². The zero-order valence-electron chi connectivity index (χ0n) is 2.71. The fourth-order valence-corrected chi connectivity index (χ4v) is 0. The van der Waals surface area contributed by atoms with Crippen molar-refractivity contribution in [3.05, 3.63) is 8.00 Å². The van der Waals surface area contributed by atoms with Crippen LogP contribution in [0.3, 0.4) is 0 Å². The van der Waals surface area contributed by atoms with E-state index in [4.69, 9.17) is 5.73 Å². The van der Waals surface area contributed by atoms with Crippen molar-refractivity contribution in [2.24, 2.45) is 5.73 Å². The molecule has 0 aromatic carbocycles. The van der Waals surface area contributed by atoms with Gasteiger partial charge in [0.05, 0.1) is 8.00 Å². The highest BCUT2D eigenvalue weighted by atomic mass is 79.9. The molecule has 0 saturated heterocycles. The lowest BCUT2D eigenvalue weighted by molar-refractivity contribution is 1.59. The normalized spacial score (nSPS) is 7.83. The molecule has 0 atom stereocenters. The van der Waals surface area contributed by atoms with Crippen molar-refractivity contribution in [2.75, 3.05) is 0 Å². The number of rotatable bonds is 0. The molecule has 0 aliphatic rings. The molecule has 0 spiro atoms. The second kappa shape index (κ2) is 3.04. The lowest BCUT2D eigenvalue weighted by Crippen LogP contribution is -1.84. The van der Waals surface area contributed by atoms with Gasteiger partial charge in [-0.3, -0.25) is 0 Å². The number of halogens is 3. The molecule has 4 heteroatoms. The molecule has 0 amide bonds. The monoisotopic (exact) mass is 277 g/mol. The summed E-state index contributed by atoms with van der Waals surface area (Å²) in [5, 5.41) is 0. The van der Waals surface area contributed by atoms with Crippen molar-refractivity contribution >= 4 is 47.8 Å². The maximum atomic E-state index is 5.14. The van der Waals surface area contributed by atoms with Crippen LogP contribution in [-0.4, -0.2) is 0 Å². The Hall–Kier alpha value is 0.980. The van der Waals surface area contributed by atoms with Gasteiger partial charge in [0, 0.05) is 0 Å². The lowest BCUT2D eigenvalue weighted by atomic mass is 11.1. The molecule has 0 heterocycles. The van der Waals surface area contributed by atoms with Gasteiger partial charge in [-0.25, -0.2) is 0 Å². The topological polar surface area (TPSA) is 26.0 Å². The number of nitrogens with two attached hydrogens (primary N) is 1. The van der Waals surface area contributed by atoms with Gasteiger partial charge in [-0.15, -0.1) is 0 Å². The highest BCUT2D eigenvalue weighted by Crippen LogP contribution is 2.18. The minimum Gasteiger partial charge on any atom is -0.392 e. The van der Waals surface area contributed by atoms with Crippen molar-refractivity contribution in [3.63, 3.8) is 0 Å². The first-order valence-electron chi connectivity index (χ1n) is 1.11. The molecule has 36 valence electrons. The molecule has 6 heavy (non-hydrogen) atoms. The molecular weight excluding hydrogens is 278 g/mol. The third-order valence-corrected chi connectivity index (χ3v) is 2.50. The van der Waals surface area contributed by atoms with E-state index in [1.54, 1.807) is 0 Å². The summed E-state index contributed by atoms with van der Waals surface area (Å²) in [6, 6.07) is 0. The number of hydrogen-bond donors (Lipinski definition) is 1. The van der Waals surface area contributed by atoms with Crippen LogP contribution in [0.4, 0.5) is 0 Å². The van der Waals surface area contributed by atoms with Gasteiger partial charge in [0.25, 0.3) is 0 Å². The Morgan fingerprint density at radius 1 is 1.17 bits per heavy atom. The molecule has 0 aliphatic heterocycles. The van der Waals surface area contributed by atoms with Crippen molar-refractivity contribution in [1.29, 1.82) is 0 Å². The van der Waals surface area contributed by atoms with Crippen LogP contribution in [0, 0.1) is 0 Å². The molecule has 1 nitrogen and oxygen atoms in total. The van der Waals surface area contributed by atoms with Crippen molar-refractivity contribution in [1.82, 2.24) is 0 Å². The van der Waals surface area contributed by atoms with Crippen LogP contribution in [0.15, 0.2) is 8.00 Å². The van der Waals surface area contributed by atoms with E-state index in [1.807, 2.05) is 0 Å². The van der Waals surface area contributed by atoms with Gasteiger partial charge in [0.2, 0.25) is 0 Å². The fourth-order valence-electron chi connectivity index (χ4n) is 0. The lowest BCUT2D eigenvalue weighted by Gasteiger charge is -1.81. The van der Waals surface area contributed by atoms with Crippen LogP contribution in [0.5, 0.6) is 0 Å². The van der Waals surface area contributed by atoms with Crippen LogP contribution < -0.4 is 5.73 Å². The summed E-state index contributed by atoms with van der Waals surface area (Å²) < 4.78 is 1.32. The van der Waals surface area contributed by atoms with Gasteiger partial charge in [0.15, 0.2) is 0 Å². The molecule has 0 saturated carbocycles. The summed E-state index contributed by atoms with van der Waals surface area (Å²) in [5.74, 6) is 0. The highest BCUT2D eigenvalue weighted by Gasteiger charge is 1.83. The van der Waals surface area contributed by atoms with E-state index in [9.17, 15) is 0 Å². The second-order valence-corrected chi connectivity index (χ2v) is 4.11. The van der Waals surface area contributed by atoms with Crippen LogP contribution in [-0.2, 0) is 0 Å². The first-order chi connectivity index (χ1) is 2.64. The summed E-state index contributed by atoms with van der Waals surface area (Å²) >= 11 is 9.13. The molecule has 0 aromatic rings. The van der Waals surface area contributed by atoms with Crippen LogP contribution in [0.1, 0.15) is 0 Å². The van der Waals surface area contributed by atoms with E-state index in [0.29, 0.717) is 4.61 Å². The van der Waals surface area contributed by atoms with Crippen LogP contribution in [0.25, 0.3) is 0 Å². The van der Waals surface area contributed by atoms with Crippen molar-refractivity contribution in [2.45, 2.75) is 0 Å². The zero-order chi connectivity index (χ0) is 5.15. The molecule has 0 unspecified atom stereocenters. The van der Waals surface area contributed by atoms with Gasteiger partial charge in [0.1, 0.15) is 0 Å². The van der Waals surface area contributed by atoms with Gasteiger partial charge >= 0.3 is 0 Å². The Labute approximate surface area is 61.4 Å². The van der Waals surface area contributed by atoms with Gasteiger partial charge in [-0.1, -0.05) is 0 Å². The Balaban J connectivity index is 3.68. The summed E-state index contributed by atoms with van der Waals surface area (Å²) in [7, 11) is 0. The van der Waals surface area contributed by atoms with Crippen LogP contribution in [0.2, 0.25) is 0 Å². The van der Waals surface area contributed by atoms with E-state index in [-0.39, 0.29) is 0 Å². The van der Waals surface area contributed by atoms with E-state index >= 15 is 0 Å². The Morgan fingerprint density at radius 3 is 1.33 bits per heavy atom. The maximum Gasteiger partial charge on any atom is 0.0969 e. The van der Waals surface area contributed by atoms with Crippen molar-refractivity contribution < 1.29 is 0 Å². The summed E-state index contributed by atoms with van der Waals surface area (Å²) in [5.41, 5.74) is 5.14. The Morgan fingerprint density at radius 2 is 1.33 bits per heavy atom. The average molecular weight is 280 g/mol. The fraction of sp³-hybridized carbons (Fsp3) is 0. The van der Waals surface area contributed by atoms with Crippen LogP contribution >= 0.6 is 47.8 Å². The first kappa shape index (κ1) is 6.98. The van der Waals surface area contributed by atoms with Crippen molar-refractivity contribution in [3.8, 4) is 0 Å². The average Bonchev–Trinajstić information content (AvgIpc) is 1.36. The van der Waals surface area contributed by atoms with Gasteiger partial charge in [-0.2, -0.15) is 0 Å². The van der Waals surface area contributed by atoms with E-state index in [0.717, 1.165) is 3.39 Å². The van der Waals surface area contributed by atoms with E-state index < -0.39 is 0 Å². The molecule has 0 aromatic heterocycles. The predicted molar refractivity (Wildman–Crippen MR) is 38.0 cm³/mol.